The third-order valence-electron chi connectivity index (χ3n) is 2.06. The fourth-order valence-electron chi connectivity index (χ4n) is 1.31. The Balaban J connectivity index is 3.43. The van der Waals surface area contributed by atoms with Crippen LogP contribution in [-0.4, -0.2) is 10.0 Å². The lowest BCUT2D eigenvalue weighted by Gasteiger charge is -2.05. The molecule has 0 spiro atoms. The summed E-state index contributed by atoms with van der Waals surface area (Å²) in [6.45, 7) is 3.12. The van der Waals surface area contributed by atoms with Crippen LogP contribution >= 0.6 is 0 Å². The van der Waals surface area contributed by atoms with Crippen molar-refractivity contribution in [2.24, 2.45) is 0 Å². The number of hydrogen-bond donors (Lipinski definition) is 1. The molecule has 0 saturated heterocycles. The number of aliphatic hydroxyl groups is 1. The summed E-state index contributed by atoms with van der Waals surface area (Å²) in [7, 11) is 0. The molecule has 1 aromatic rings. The maximum Gasteiger partial charge on any atom is 0.278 e. The van der Waals surface area contributed by atoms with Gasteiger partial charge in [0.05, 0.1) is 17.1 Å². The molecule has 0 fully saturated rings. The molecule has 0 unspecified atom stereocenters. The second kappa shape index (κ2) is 3.53. The van der Waals surface area contributed by atoms with Crippen LogP contribution in [0, 0.1) is 24.0 Å². The highest BCUT2D eigenvalue weighted by Gasteiger charge is 2.17. The van der Waals surface area contributed by atoms with E-state index in [0.717, 1.165) is 5.56 Å². The number of nitro groups is 1. The summed E-state index contributed by atoms with van der Waals surface area (Å²) >= 11 is 0. The Bertz CT molecular complexity index is 347. The van der Waals surface area contributed by atoms with Gasteiger partial charge in [-0.2, -0.15) is 0 Å². The van der Waals surface area contributed by atoms with E-state index >= 15 is 0 Å². The topological polar surface area (TPSA) is 63.4 Å². The Morgan fingerprint density at radius 1 is 1.38 bits per heavy atom. The van der Waals surface area contributed by atoms with Gasteiger partial charge >= 0.3 is 0 Å². The van der Waals surface area contributed by atoms with E-state index in [1.54, 1.807) is 26.0 Å². The molecule has 0 saturated carbocycles. The van der Waals surface area contributed by atoms with Crippen LogP contribution in [0.1, 0.15) is 16.7 Å². The number of nitrogens with zero attached hydrogens (tertiary/aromatic N) is 1. The molecular formula is C9H11NO3. The molecule has 0 aliphatic carbocycles. The van der Waals surface area contributed by atoms with Crippen LogP contribution in [0.5, 0.6) is 0 Å². The summed E-state index contributed by atoms with van der Waals surface area (Å²) in [6, 6.07) is 3.46. The number of rotatable bonds is 2. The number of nitro benzene ring substituents is 1. The molecule has 1 N–H and O–H groups in total. The summed E-state index contributed by atoms with van der Waals surface area (Å²) in [5.41, 5.74) is 1.77. The summed E-state index contributed by atoms with van der Waals surface area (Å²) in [4.78, 5) is 10.2. The predicted octanol–water partition coefficient (Wildman–Crippen LogP) is 1.70. The minimum atomic E-state index is -0.451. The molecule has 0 amide bonds. The van der Waals surface area contributed by atoms with Gasteiger partial charge in [-0.15, -0.1) is 0 Å². The van der Waals surface area contributed by atoms with Crippen molar-refractivity contribution in [1.29, 1.82) is 0 Å². The minimum Gasteiger partial charge on any atom is -0.391 e. The van der Waals surface area contributed by atoms with Crippen molar-refractivity contribution in [1.82, 2.24) is 0 Å². The molecule has 0 atom stereocenters. The first-order valence-electron chi connectivity index (χ1n) is 3.92. The lowest BCUT2D eigenvalue weighted by atomic mass is 10.0. The van der Waals surface area contributed by atoms with Gasteiger partial charge in [0.15, 0.2) is 0 Å². The Morgan fingerprint density at radius 3 is 2.31 bits per heavy atom. The van der Waals surface area contributed by atoms with Crippen LogP contribution < -0.4 is 0 Å². The summed E-state index contributed by atoms with van der Waals surface area (Å²) in [6.07, 6.45) is 0. The van der Waals surface area contributed by atoms with Gasteiger partial charge in [0.25, 0.3) is 5.69 Å². The van der Waals surface area contributed by atoms with Crippen molar-refractivity contribution >= 4 is 5.69 Å². The predicted molar refractivity (Wildman–Crippen MR) is 48.5 cm³/mol. The SMILES string of the molecule is Cc1ccc(C)c([N+](=O)[O-])c1CO. The van der Waals surface area contributed by atoms with Crippen LogP contribution in [0.25, 0.3) is 0 Å². The maximum absolute atomic E-state index is 10.6. The number of aryl methyl sites for hydroxylation is 2. The number of aliphatic hydroxyl groups excluding tert-OH is 1. The van der Waals surface area contributed by atoms with Gasteiger partial charge in [-0.25, -0.2) is 0 Å². The largest absolute Gasteiger partial charge is 0.391 e. The van der Waals surface area contributed by atoms with E-state index in [1.165, 1.54) is 0 Å². The standard InChI is InChI=1S/C9H11NO3/c1-6-3-4-7(2)9(10(12)13)8(6)5-11/h3-4,11H,5H2,1-2H3. The van der Waals surface area contributed by atoms with Crippen molar-refractivity contribution in [3.63, 3.8) is 0 Å². The van der Waals surface area contributed by atoms with Crippen molar-refractivity contribution in [2.45, 2.75) is 20.5 Å². The second-order valence-corrected chi connectivity index (χ2v) is 2.94. The molecule has 1 aromatic carbocycles. The Labute approximate surface area is 76.0 Å². The van der Waals surface area contributed by atoms with Gasteiger partial charge in [-0.05, 0) is 19.4 Å². The van der Waals surface area contributed by atoms with E-state index in [9.17, 15) is 10.1 Å². The monoisotopic (exact) mass is 181 g/mol. The van der Waals surface area contributed by atoms with E-state index in [2.05, 4.69) is 0 Å². The van der Waals surface area contributed by atoms with Crippen molar-refractivity contribution in [3.8, 4) is 0 Å². The van der Waals surface area contributed by atoms with Crippen LogP contribution in [-0.2, 0) is 6.61 Å². The summed E-state index contributed by atoms with van der Waals surface area (Å²) in [5.74, 6) is 0. The fourth-order valence-corrected chi connectivity index (χ4v) is 1.31. The first-order chi connectivity index (χ1) is 6.07. The van der Waals surface area contributed by atoms with Crippen LogP contribution in [0.2, 0.25) is 0 Å². The molecule has 0 radical (unpaired) electrons. The van der Waals surface area contributed by atoms with Crippen molar-refractivity contribution in [2.75, 3.05) is 0 Å². The van der Waals surface area contributed by atoms with Crippen molar-refractivity contribution in [3.05, 3.63) is 38.9 Å². The van der Waals surface area contributed by atoms with E-state index in [-0.39, 0.29) is 12.3 Å². The van der Waals surface area contributed by atoms with E-state index in [1.807, 2.05) is 0 Å². The molecule has 4 nitrogen and oxygen atoms in total. The Kier molecular flexibility index (Phi) is 2.63. The minimum absolute atomic E-state index is 0.0301. The number of benzene rings is 1. The molecular weight excluding hydrogens is 170 g/mol. The number of hydrogen-bond acceptors (Lipinski definition) is 3. The Hall–Kier alpha value is -1.42. The summed E-state index contributed by atoms with van der Waals surface area (Å²) in [5, 5.41) is 19.6. The lowest BCUT2D eigenvalue weighted by Crippen LogP contribution is -2.00. The molecule has 0 aliphatic rings. The molecule has 13 heavy (non-hydrogen) atoms. The van der Waals surface area contributed by atoms with E-state index < -0.39 is 4.92 Å². The van der Waals surface area contributed by atoms with Gasteiger partial charge in [0.1, 0.15) is 0 Å². The first kappa shape index (κ1) is 9.67. The highest BCUT2D eigenvalue weighted by molar-refractivity contribution is 5.50. The van der Waals surface area contributed by atoms with Crippen LogP contribution in [0.15, 0.2) is 12.1 Å². The van der Waals surface area contributed by atoms with E-state index in [0.29, 0.717) is 11.1 Å². The lowest BCUT2D eigenvalue weighted by molar-refractivity contribution is -0.386. The average Bonchev–Trinajstić information content (AvgIpc) is 2.07. The molecule has 0 aliphatic heterocycles. The average molecular weight is 181 g/mol. The molecule has 4 heteroatoms. The van der Waals surface area contributed by atoms with Gasteiger partial charge in [-0.1, -0.05) is 12.1 Å². The van der Waals surface area contributed by atoms with Gasteiger partial charge < -0.3 is 5.11 Å². The third kappa shape index (κ3) is 1.67. The van der Waals surface area contributed by atoms with Crippen LogP contribution in [0.3, 0.4) is 0 Å². The highest BCUT2D eigenvalue weighted by Crippen LogP contribution is 2.25. The molecule has 0 bridgehead atoms. The Morgan fingerprint density at radius 2 is 1.92 bits per heavy atom. The zero-order valence-corrected chi connectivity index (χ0v) is 7.57. The molecule has 1 rings (SSSR count). The van der Waals surface area contributed by atoms with Gasteiger partial charge in [-0.3, -0.25) is 10.1 Å². The maximum atomic E-state index is 10.6. The van der Waals surface area contributed by atoms with Crippen LogP contribution in [0.4, 0.5) is 5.69 Å². The zero-order chi connectivity index (χ0) is 10.0. The highest BCUT2D eigenvalue weighted by atomic mass is 16.6. The van der Waals surface area contributed by atoms with Gasteiger partial charge in [0, 0.05) is 5.56 Å². The quantitative estimate of drug-likeness (QED) is 0.558. The fraction of sp³-hybridized carbons (Fsp3) is 0.333. The molecule has 0 heterocycles. The van der Waals surface area contributed by atoms with Gasteiger partial charge in [0.2, 0.25) is 0 Å². The smallest absolute Gasteiger partial charge is 0.278 e. The zero-order valence-electron chi connectivity index (χ0n) is 7.57. The first-order valence-corrected chi connectivity index (χ1v) is 3.92. The second-order valence-electron chi connectivity index (χ2n) is 2.94. The van der Waals surface area contributed by atoms with E-state index in [4.69, 9.17) is 5.11 Å². The molecule has 70 valence electrons. The summed E-state index contributed by atoms with van der Waals surface area (Å²) < 4.78 is 0. The van der Waals surface area contributed by atoms with Crippen molar-refractivity contribution < 1.29 is 10.0 Å². The molecule has 0 aromatic heterocycles. The normalized spacial score (nSPS) is 10.1. The third-order valence-corrected chi connectivity index (χ3v) is 2.06.